The number of halogens is 1. The number of para-hydroxylation sites is 1. The molecule has 2 aliphatic heterocycles. The van der Waals surface area contributed by atoms with Crippen molar-refractivity contribution < 1.29 is 14.0 Å². The van der Waals surface area contributed by atoms with Gasteiger partial charge in [0.25, 0.3) is 5.91 Å². The second-order valence-corrected chi connectivity index (χ2v) is 8.25. The lowest BCUT2D eigenvalue weighted by molar-refractivity contribution is -0.133. The molecular weight excluding hydrogens is 399 g/mol. The van der Waals surface area contributed by atoms with E-state index in [2.05, 4.69) is 15.3 Å². The second-order valence-electron chi connectivity index (χ2n) is 8.25. The van der Waals surface area contributed by atoms with E-state index in [0.29, 0.717) is 44.0 Å². The molecule has 31 heavy (non-hydrogen) atoms. The van der Waals surface area contributed by atoms with Crippen molar-refractivity contribution in [2.24, 2.45) is 7.05 Å². The molecule has 0 saturated carbocycles. The number of benzene rings is 1. The molecule has 8 nitrogen and oxygen atoms in total. The predicted octanol–water partition coefficient (Wildman–Crippen LogP) is 1.10. The number of piperidine rings is 1. The van der Waals surface area contributed by atoms with Gasteiger partial charge in [-0.15, -0.1) is 0 Å². The normalized spacial score (nSPS) is 18.3. The van der Waals surface area contributed by atoms with Crippen LogP contribution in [0.3, 0.4) is 0 Å². The number of hydrogen-bond acceptors (Lipinski definition) is 5. The van der Waals surface area contributed by atoms with Gasteiger partial charge in [0.1, 0.15) is 5.82 Å². The van der Waals surface area contributed by atoms with E-state index in [1.165, 1.54) is 6.07 Å². The molecule has 1 aromatic heterocycles. The van der Waals surface area contributed by atoms with Crippen molar-refractivity contribution in [1.29, 1.82) is 0 Å². The monoisotopic (exact) mass is 428 g/mol. The maximum atomic E-state index is 14.0. The van der Waals surface area contributed by atoms with Crippen LogP contribution < -0.4 is 10.2 Å². The zero-order chi connectivity index (χ0) is 21.8. The number of aromatic nitrogens is 2. The summed E-state index contributed by atoms with van der Waals surface area (Å²) in [5.74, 6) is -0.206. The summed E-state index contributed by atoms with van der Waals surface area (Å²) in [6.07, 6.45) is 4.91. The molecule has 2 amide bonds. The summed E-state index contributed by atoms with van der Waals surface area (Å²) in [6.45, 7) is 4.42. The summed E-state index contributed by atoms with van der Waals surface area (Å²) in [5.41, 5.74) is 1.17. The summed E-state index contributed by atoms with van der Waals surface area (Å²) < 4.78 is 15.6. The Hall–Kier alpha value is -2.94. The number of likely N-dealkylation sites (tertiary alicyclic amines) is 1. The Balaban J connectivity index is 1.19. The summed E-state index contributed by atoms with van der Waals surface area (Å²) in [6, 6.07) is 6.88. The van der Waals surface area contributed by atoms with Crippen LogP contribution in [-0.2, 0) is 11.8 Å². The number of nitrogens with one attached hydrogen (secondary N) is 1. The molecule has 0 radical (unpaired) electrons. The first kappa shape index (κ1) is 21.3. The first-order chi connectivity index (χ1) is 15.0. The Labute approximate surface area is 181 Å². The Bertz CT molecular complexity index is 916. The Morgan fingerprint density at radius 2 is 1.81 bits per heavy atom. The molecule has 2 fully saturated rings. The number of carbonyl (C=O) groups excluding carboxylic acids is 2. The molecule has 0 spiro atoms. The van der Waals surface area contributed by atoms with E-state index < -0.39 is 0 Å². The quantitative estimate of drug-likeness (QED) is 0.772. The van der Waals surface area contributed by atoms with Gasteiger partial charge >= 0.3 is 0 Å². The number of piperazine rings is 1. The van der Waals surface area contributed by atoms with Gasteiger partial charge in [-0.3, -0.25) is 19.2 Å². The van der Waals surface area contributed by atoms with Crippen LogP contribution in [0.15, 0.2) is 36.7 Å². The molecule has 0 bridgehead atoms. The maximum absolute atomic E-state index is 14.0. The first-order valence-corrected chi connectivity index (χ1v) is 10.8. The molecule has 1 aromatic carbocycles. The van der Waals surface area contributed by atoms with Gasteiger partial charge in [-0.2, -0.15) is 5.10 Å². The number of carbonyl (C=O) groups is 2. The number of rotatable bonds is 5. The minimum atomic E-state index is -0.222. The zero-order valence-corrected chi connectivity index (χ0v) is 17.8. The van der Waals surface area contributed by atoms with E-state index in [-0.39, 0.29) is 23.7 Å². The smallest absolute Gasteiger partial charge is 0.254 e. The van der Waals surface area contributed by atoms with Gasteiger partial charge in [-0.05, 0) is 25.0 Å². The lowest BCUT2D eigenvalue weighted by Gasteiger charge is -2.38. The minimum absolute atomic E-state index is 0.102. The predicted molar refractivity (Wildman–Crippen MR) is 115 cm³/mol. The Kier molecular flexibility index (Phi) is 6.50. The average molecular weight is 429 g/mol. The second kappa shape index (κ2) is 9.47. The van der Waals surface area contributed by atoms with Gasteiger partial charge in [-0.25, -0.2) is 4.39 Å². The molecule has 9 heteroatoms. The van der Waals surface area contributed by atoms with E-state index in [9.17, 15) is 14.0 Å². The number of nitrogens with zero attached hydrogens (tertiary/aromatic N) is 5. The molecule has 3 heterocycles. The molecular formula is C22H29FN6O2. The largest absolute Gasteiger partial charge is 0.366 e. The molecule has 0 aliphatic carbocycles. The van der Waals surface area contributed by atoms with Crippen LogP contribution in [0.25, 0.3) is 0 Å². The standard InChI is InChI=1S/C22H29FN6O2/c1-26-15-17(14-24-26)22(31)25-18-6-8-27(9-7-18)16-21(30)29-12-10-28(11-13-29)20-5-3-2-4-19(20)23/h2-5,14-15,18H,6-13,16H2,1H3,(H,25,31). The molecule has 166 valence electrons. The van der Waals surface area contributed by atoms with Crippen LogP contribution in [-0.4, -0.2) is 83.2 Å². The van der Waals surface area contributed by atoms with Crippen LogP contribution in [0.5, 0.6) is 0 Å². The van der Waals surface area contributed by atoms with Gasteiger partial charge in [-0.1, -0.05) is 12.1 Å². The van der Waals surface area contributed by atoms with E-state index in [0.717, 1.165) is 25.9 Å². The van der Waals surface area contributed by atoms with E-state index in [1.807, 2.05) is 15.9 Å². The molecule has 2 aromatic rings. The van der Waals surface area contributed by atoms with Crippen LogP contribution in [0, 0.1) is 5.82 Å². The van der Waals surface area contributed by atoms with E-state index in [1.54, 1.807) is 36.3 Å². The lowest BCUT2D eigenvalue weighted by atomic mass is 10.0. The SMILES string of the molecule is Cn1cc(C(=O)NC2CCN(CC(=O)N3CCN(c4ccccc4F)CC3)CC2)cn1. The van der Waals surface area contributed by atoms with Gasteiger partial charge in [0, 0.05) is 58.6 Å². The Morgan fingerprint density at radius 3 is 2.45 bits per heavy atom. The number of hydrogen-bond donors (Lipinski definition) is 1. The third-order valence-corrected chi connectivity index (χ3v) is 6.07. The van der Waals surface area contributed by atoms with Crippen molar-refractivity contribution in [2.75, 3.05) is 50.7 Å². The Morgan fingerprint density at radius 1 is 1.10 bits per heavy atom. The number of anilines is 1. The average Bonchev–Trinajstić information content (AvgIpc) is 3.22. The van der Waals surface area contributed by atoms with Gasteiger partial charge in [0.15, 0.2) is 0 Å². The van der Waals surface area contributed by atoms with Crippen LogP contribution in [0.4, 0.5) is 10.1 Å². The van der Waals surface area contributed by atoms with Crippen molar-refractivity contribution >= 4 is 17.5 Å². The fraction of sp³-hybridized carbons (Fsp3) is 0.500. The summed E-state index contributed by atoms with van der Waals surface area (Å²) in [4.78, 5) is 31.0. The highest BCUT2D eigenvalue weighted by Gasteiger charge is 2.27. The minimum Gasteiger partial charge on any atom is -0.366 e. The van der Waals surface area contributed by atoms with Crippen LogP contribution in [0.1, 0.15) is 23.2 Å². The van der Waals surface area contributed by atoms with Gasteiger partial charge in [0.2, 0.25) is 5.91 Å². The molecule has 4 rings (SSSR count). The van der Waals surface area contributed by atoms with Crippen molar-refractivity contribution in [3.8, 4) is 0 Å². The molecule has 2 saturated heterocycles. The summed E-state index contributed by atoms with van der Waals surface area (Å²) in [7, 11) is 1.78. The third kappa shape index (κ3) is 5.22. The van der Waals surface area contributed by atoms with E-state index >= 15 is 0 Å². The van der Waals surface area contributed by atoms with Gasteiger partial charge in [0.05, 0.1) is 24.0 Å². The molecule has 0 unspecified atom stereocenters. The highest BCUT2D eigenvalue weighted by molar-refractivity contribution is 5.93. The molecule has 0 atom stereocenters. The topological polar surface area (TPSA) is 73.7 Å². The highest BCUT2D eigenvalue weighted by Crippen LogP contribution is 2.20. The van der Waals surface area contributed by atoms with E-state index in [4.69, 9.17) is 0 Å². The molecule has 2 aliphatic rings. The summed E-state index contributed by atoms with van der Waals surface area (Å²) >= 11 is 0. The first-order valence-electron chi connectivity index (χ1n) is 10.8. The fourth-order valence-corrected chi connectivity index (χ4v) is 4.24. The summed E-state index contributed by atoms with van der Waals surface area (Å²) in [5, 5.41) is 7.09. The maximum Gasteiger partial charge on any atom is 0.254 e. The third-order valence-electron chi connectivity index (χ3n) is 6.07. The van der Waals surface area contributed by atoms with Crippen LogP contribution >= 0.6 is 0 Å². The highest BCUT2D eigenvalue weighted by atomic mass is 19.1. The lowest BCUT2D eigenvalue weighted by Crippen LogP contribution is -2.53. The van der Waals surface area contributed by atoms with Crippen LogP contribution in [0.2, 0.25) is 0 Å². The van der Waals surface area contributed by atoms with Crippen molar-refractivity contribution in [3.63, 3.8) is 0 Å². The van der Waals surface area contributed by atoms with Crippen molar-refractivity contribution in [1.82, 2.24) is 24.9 Å². The zero-order valence-electron chi connectivity index (χ0n) is 17.8. The van der Waals surface area contributed by atoms with Crippen molar-refractivity contribution in [3.05, 3.63) is 48.0 Å². The fourth-order valence-electron chi connectivity index (χ4n) is 4.24. The number of aryl methyl sites for hydroxylation is 1. The molecule has 1 N–H and O–H groups in total. The van der Waals surface area contributed by atoms with Gasteiger partial charge < -0.3 is 15.1 Å². The van der Waals surface area contributed by atoms with Crippen molar-refractivity contribution in [2.45, 2.75) is 18.9 Å². The number of amides is 2.